The average molecular weight is 214 g/mol. The van der Waals surface area contributed by atoms with E-state index in [0.717, 1.165) is 19.4 Å². The first-order valence-corrected chi connectivity index (χ1v) is 5.77. The zero-order chi connectivity index (χ0) is 11.3. The van der Waals surface area contributed by atoms with E-state index in [0.29, 0.717) is 6.42 Å². The van der Waals surface area contributed by atoms with Crippen LogP contribution in [0.15, 0.2) is 0 Å². The minimum absolute atomic E-state index is 0.566. The van der Waals surface area contributed by atoms with E-state index < -0.39 is 11.5 Å². The highest BCUT2D eigenvalue weighted by Gasteiger charge is 2.26. The van der Waals surface area contributed by atoms with Gasteiger partial charge >= 0.3 is 5.97 Å². The second-order valence-corrected chi connectivity index (χ2v) is 4.73. The van der Waals surface area contributed by atoms with Gasteiger partial charge in [0, 0.05) is 0 Å². The summed E-state index contributed by atoms with van der Waals surface area (Å²) >= 11 is 0. The minimum atomic E-state index is -1.05. The maximum absolute atomic E-state index is 10.7. The van der Waals surface area contributed by atoms with Crippen molar-refractivity contribution in [3.8, 4) is 0 Å². The molecule has 1 heterocycles. The van der Waals surface area contributed by atoms with Crippen molar-refractivity contribution in [3.63, 3.8) is 0 Å². The number of unbranched alkanes of at least 4 members (excludes halogenated alkanes) is 1. The van der Waals surface area contributed by atoms with Crippen LogP contribution < -0.4 is 5.73 Å². The number of carboxylic acid groups (broad SMARTS) is 1. The van der Waals surface area contributed by atoms with E-state index in [1.807, 2.05) is 0 Å². The second kappa shape index (κ2) is 5.47. The quantitative estimate of drug-likeness (QED) is 0.649. The fourth-order valence-electron chi connectivity index (χ4n) is 1.94. The maximum atomic E-state index is 10.7. The van der Waals surface area contributed by atoms with Crippen LogP contribution in [0.25, 0.3) is 0 Å². The normalized spacial score (nSPS) is 21.5. The van der Waals surface area contributed by atoms with Crippen LogP contribution in [0, 0.1) is 0 Å². The summed E-state index contributed by atoms with van der Waals surface area (Å²) in [5.41, 5.74) is 4.59. The van der Waals surface area contributed by atoms with E-state index in [1.54, 1.807) is 6.92 Å². The Labute approximate surface area is 91.4 Å². The fourth-order valence-corrected chi connectivity index (χ4v) is 1.94. The van der Waals surface area contributed by atoms with Crippen LogP contribution in [0.3, 0.4) is 0 Å². The molecule has 0 saturated carbocycles. The van der Waals surface area contributed by atoms with Crippen molar-refractivity contribution >= 4 is 5.97 Å². The van der Waals surface area contributed by atoms with E-state index in [-0.39, 0.29) is 0 Å². The molecule has 0 aromatic carbocycles. The van der Waals surface area contributed by atoms with E-state index in [4.69, 9.17) is 10.8 Å². The van der Waals surface area contributed by atoms with Gasteiger partial charge < -0.3 is 15.7 Å². The fraction of sp³-hybridized carbons (Fsp3) is 0.909. The molecular formula is C11H22N2O2. The molecule has 1 unspecified atom stereocenters. The monoisotopic (exact) mass is 214 g/mol. The van der Waals surface area contributed by atoms with Crippen LogP contribution in [0.2, 0.25) is 0 Å². The van der Waals surface area contributed by atoms with Crippen molar-refractivity contribution in [3.05, 3.63) is 0 Å². The van der Waals surface area contributed by atoms with Gasteiger partial charge in [-0.25, -0.2) is 0 Å². The van der Waals surface area contributed by atoms with Gasteiger partial charge in [-0.05, 0) is 58.7 Å². The molecule has 0 aliphatic carbocycles. The highest BCUT2D eigenvalue weighted by atomic mass is 16.4. The molecule has 0 aromatic heterocycles. The lowest BCUT2D eigenvalue weighted by molar-refractivity contribution is -0.142. The average Bonchev–Trinajstić information content (AvgIpc) is 2.64. The number of carbonyl (C=O) groups is 1. The Morgan fingerprint density at radius 2 is 2.00 bits per heavy atom. The Hall–Kier alpha value is -0.610. The minimum Gasteiger partial charge on any atom is -0.480 e. The van der Waals surface area contributed by atoms with Crippen molar-refractivity contribution in [2.75, 3.05) is 19.6 Å². The number of aliphatic carboxylic acids is 1. The third kappa shape index (κ3) is 4.18. The summed E-state index contributed by atoms with van der Waals surface area (Å²) in [6, 6.07) is 0. The molecule has 0 bridgehead atoms. The molecule has 4 heteroatoms. The topological polar surface area (TPSA) is 66.6 Å². The lowest BCUT2D eigenvalue weighted by Gasteiger charge is -2.20. The van der Waals surface area contributed by atoms with Gasteiger partial charge in [0.1, 0.15) is 5.54 Å². The Balaban J connectivity index is 2.08. The number of rotatable bonds is 6. The summed E-state index contributed by atoms with van der Waals surface area (Å²) in [4.78, 5) is 13.2. The first-order valence-electron chi connectivity index (χ1n) is 5.77. The summed E-state index contributed by atoms with van der Waals surface area (Å²) in [5.74, 6) is -0.899. The molecule has 4 nitrogen and oxygen atoms in total. The lowest BCUT2D eigenvalue weighted by atomic mass is 9.96. The summed E-state index contributed by atoms with van der Waals surface area (Å²) in [6.45, 7) is 5.10. The maximum Gasteiger partial charge on any atom is 0.323 e. The predicted octanol–water partition coefficient (Wildman–Crippen LogP) is 1.05. The number of nitrogens with two attached hydrogens (primary N) is 1. The predicted molar refractivity (Wildman–Crippen MR) is 59.8 cm³/mol. The van der Waals surface area contributed by atoms with E-state index >= 15 is 0 Å². The number of hydrogen-bond donors (Lipinski definition) is 2. The SMILES string of the molecule is CC(N)(CCCCN1CCCC1)C(=O)O. The van der Waals surface area contributed by atoms with E-state index in [1.165, 1.54) is 25.9 Å². The van der Waals surface area contributed by atoms with Crippen molar-refractivity contribution in [1.29, 1.82) is 0 Å². The summed E-state index contributed by atoms with van der Waals surface area (Å²) < 4.78 is 0. The molecule has 1 rings (SSSR count). The number of hydrogen-bond acceptors (Lipinski definition) is 3. The Morgan fingerprint density at radius 3 is 2.53 bits per heavy atom. The van der Waals surface area contributed by atoms with Gasteiger partial charge in [0.15, 0.2) is 0 Å². The Bertz CT molecular complexity index is 211. The molecule has 0 spiro atoms. The first-order chi connectivity index (χ1) is 7.02. The highest BCUT2D eigenvalue weighted by molar-refractivity contribution is 5.77. The van der Waals surface area contributed by atoms with Crippen LogP contribution in [0.1, 0.15) is 39.0 Å². The van der Waals surface area contributed by atoms with E-state index in [2.05, 4.69) is 4.90 Å². The Morgan fingerprint density at radius 1 is 1.40 bits per heavy atom. The van der Waals surface area contributed by atoms with Crippen molar-refractivity contribution < 1.29 is 9.90 Å². The molecule has 1 fully saturated rings. The van der Waals surface area contributed by atoms with Crippen molar-refractivity contribution in [1.82, 2.24) is 4.90 Å². The molecule has 88 valence electrons. The second-order valence-electron chi connectivity index (χ2n) is 4.73. The summed E-state index contributed by atoms with van der Waals surface area (Å²) in [5, 5.41) is 8.82. The zero-order valence-corrected chi connectivity index (χ0v) is 9.54. The van der Waals surface area contributed by atoms with Crippen molar-refractivity contribution in [2.24, 2.45) is 5.73 Å². The number of likely N-dealkylation sites (tertiary alicyclic amines) is 1. The molecular weight excluding hydrogens is 192 g/mol. The first kappa shape index (κ1) is 12.5. The third-order valence-corrected chi connectivity index (χ3v) is 3.11. The molecule has 15 heavy (non-hydrogen) atoms. The van der Waals surface area contributed by atoms with Crippen LogP contribution in [0.4, 0.5) is 0 Å². The molecule has 1 atom stereocenters. The van der Waals surface area contributed by atoms with Crippen LogP contribution in [-0.4, -0.2) is 41.1 Å². The smallest absolute Gasteiger partial charge is 0.323 e. The largest absolute Gasteiger partial charge is 0.480 e. The van der Waals surface area contributed by atoms with Crippen molar-refractivity contribution in [2.45, 2.75) is 44.6 Å². The van der Waals surface area contributed by atoms with Gasteiger partial charge in [0.25, 0.3) is 0 Å². The van der Waals surface area contributed by atoms with Crippen LogP contribution in [0.5, 0.6) is 0 Å². The molecule has 1 saturated heterocycles. The Kier molecular flexibility index (Phi) is 4.54. The van der Waals surface area contributed by atoms with Crippen LogP contribution in [-0.2, 0) is 4.79 Å². The molecule has 3 N–H and O–H groups in total. The van der Waals surface area contributed by atoms with Gasteiger partial charge in [-0.2, -0.15) is 0 Å². The zero-order valence-electron chi connectivity index (χ0n) is 9.54. The van der Waals surface area contributed by atoms with Gasteiger partial charge in [-0.1, -0.05) is 0 Å². The van der Waals surface area contributed by atoms with Gasteiger partial charge in [0.05, 0.1) is 0 Å². The van der Waals surface area contributed by atoms with Gasteiger partial charge in [0.2, 0.25) is 0 Å². The number of carboxylic acids is 1. The van der Waals surface area contributed by atoms with Crippen LogP contribution >= 0.6 is 0 Å². The molecule has 0 radical (unpaired) electrons. The number of nitrogens with zero attached hydrogens (tertiary/aromatic N) is 1. The molecule has 0 aromatic rings. The van der Waals surface area contributed by atoms with E-state index in [9.17, 15) is 4.79 Å². The molecule has 1 aliphatic rings. The standard InChI is InChI=1S/C11H22N2O2/c1-11(12,10(14)15)6-2-3-7-13-8-4-5-9-13/h2-9,12H2,1H3,(H,14,15). The summed E-state index contributed by atoms with van der Waals surface area (Å²) in [7, 11) is 0. The lowest BCUT2D eigenvalue weighted by Crippen LogP contribution is -2.44. The van der Waals surface area contributed by atoms with Gasteiger partial charge in [-0.15, -0.1) is 0 Å². The third-order valence-electron chi connectivity index (χ3n) is 3.11. The summed E-state index contributed by atoms with van der Waals surface area (Å²) in [6.07, 6.45) is 5.14. The molecule has 1 aliphatic heterocycles. The van der Waals surface area contributed by atoms with Gasteiger partial charge in [-0.3, -0.25) is 4.79 Å². The highest BCUT2D eigenvalue weighted by Crippen LogP contribution is 2.13. The molecule has 0 amide bonds.